The Bertz CT molecular complexity index is 682. The van der Waals surface area contributed by atoms with Crippen molar-refractivity contribution in [2.75, 3.05) is 31.1 Å². The van der Waals surface area contributed by atoms with Crippen molar-refractivity contribution in [3.8, 4) is 6.07 Å². The van der Waals surface area contributed by atoms with Gasteiger partial charge in [-0.3, -0.25) is 9.69 Å². The highest BCUT2D eigenvalue weighted by Gasteiger charge is 2.32. The fraction of sp³-hybridized carbons (Fsp3) is 0.632. The van der Waals surface area contributed by atoms with Crippen LogP contribution in [-0.2, 0) is 24.1 Å². The maximum atomic E-state index is 11.5. The molecule has 2 heterocycles. The summed E-state index contributed by atoms with van der Waals surface area (Å²) in [5, 5.41) is 9.77. The molecule has 2 aliphatic rings. The molecule has 0 unspecified atom stereocenters. The number of H-pyrrole nitrogens is 1. The normalized spacial score (nSPS) is 17.1. The summed E-state index contributed by atoms with van der Waals surface area (Å²) in [7, 11) is 0. The lowest BCUT2D eigenvalue weighted by Crippen LogP contribution is -2.50. The van der Waals surface area contributed by atoms with Crippen molar-refractivity contribution in [1.29, 1.82) is 5.26 Å². The van der Waals surface area contributed by atoms with Crippen molar-refractivity contribution in [1.82, 2.24) is 4.90 Å². The Balaban J connectivity index is 1.96. The predicted molar refractivity (Wildman–Crippen MR) is 92.7 cm³/mol. The Labute approximate surface area is 144 Å². The summed E-state index contributed by atoms with van der Waals surface area (Å²) in [4.78, 5) is 19.3. The fourth-order valence-electron chi connectivity index (χ4n) is 3.96. The molecule has 0 bridgehead atoms. The monoisotopic (exact) mass is 327 g/mol. The highest BCUT2D eigenvalue weighted by atomic mass is 16.2. The number of nitrogens with zero attached hydrogens (tertiary/aromatic N) is 3. The van der Waals surface area contributed by atoms with E-state index >= 15 is 0 Å². The molecule has 1 amide bonds. The first kappa shape index (κ1) is 16.8. The van der Waals surface area contributed by atoms with Crippen LogP contribution in [0.1, 0.15) is 49.6 Å². The summed E-state index contributed by atoms with van der Waals surface area (Å²) in [6, 6.07) is 2.45. The van der Waals surface area contributed by atoms with Gasteiger partial charge >= 0.3 is 0 Å². The van der Waals surface area contributed by atoms with E-state index in [1.165, 1.54) is 16.8 Å². The van der Waals surface area contributed by atoms with Gasteiger partial charge < -0.3 is 4.90 Å². The molecule has 0 radical (unpaired) electrons. The summed E-state index contributed by atoms with van der Waals surface area (Å²) >= 11 is 0. The molecule has 0 saturated carbocycles. The van der Waals surface area contributed by atoms with E-state index in [2.05, 4.69) is 29.8 Å². The van der Waals surface area contributed by atoms with Crippen LogP contribution in [0.3, 0.4) is 0 Å². The van der Waals surface area contributed by atoms with Crippen LogP contribution < -0.4 is 9.88 Å². The molecule has 1 aliphatic heterocycles. The maximum Gasteiger partial charge on any atom is 0.293 e. The van der Waals surface area contributed by atoms with Crippen molar-refractivity contribution in [2.24, 2.45) is 5.92 Å². The molecule has 24 heavy (non-hydrogen) atoms. The molecule has 5 nitrogen and oxygen atoms in total. The van der Waals surface area contributed by atoms with Gasteiger partial charge in [-0.2, -0.15) is 5.26 Å². The van der Waals surface area contributed by atoms with Crippen molar-refractivity contribution < 1.29 is 9.78 Å². The molecule has 0 aromatic carbocycles. The highest BCUT2D eigenvalue weighted by Crippen LogP contribution is 2.31. The van der Waals surface area contributed by atoms with Crippen molar-refractivity contribution >= 4 is 11.7 Å². The number of rotatable bonds is 3. The topological polar surface area (TPSA) is 61.5 Å². The molecule has 1 aromatic rings. The fourth-order valence-corrected chi connectivity index (χ4v) is 3.96. The molecule has 1 saturated heterocycles. The molecular weight excluding hydrogens is 300 g/mol. The Morgan fingerprint density at radius 3 is 2.46 bits per heavy atom. The Hall–Kier alpha value is -2.09. The number of aromatic amines is 1. The standard InChI is InChI=1S/C19H26N4O/c1-13(2)11-18-16-6-4-5-15(16)17(12-20)19(21-18)23-9-7-22(8-10-23)14(3)24/h13H,4-11H2,1-3H3/p+1. The van der Waals surface area contributed by atoms with Gasteiger partial charge in [-0.1, -0.05) is 13.8 Å². The predicted octanol–water partition coefficient (Wildman–Crippen LogP) is 1.73. The van der Waals surface area contributed by atoms with E-state index in [4.69, 9.17) is 0 Å². The molecular formula is C19H27N4O+. The number of hydrogen-bond donors (Lipinski definition) is 0. The number of carbonyl (C=O) groups is 1. The Morgan fingerprint density at radius 1 is 1.21 bits per heavy atom. The van der Waals surface area contributed by atoms with Crippen molar-refractivity contribution in [3.05, 3.63) is 22.4 Å². The first-order chi connectivity index (χ1) is 11.5. The van der Waals surface area contributed by atoms with Gasteiger partial charge in [0, 0.05) is 13.3 Å². The van der Waals surface area contributed by atoms with E-state index in [-0.39, 0.29) is 5.91 Å². The van der Waals surface area contributed by atoms with Gasteiger partial charge in [-0.05, 0) is 36.3 Å². The average molecular weight is 327 g/mol. The second kappa shape index (κ2) is 6.80. The number of nitriles is 1. The molecule has 128 valence electrons. The number of amides is 1. The van der Waals surface area contributed by atoms with E-state index in [0.717, 1.165) is 63.2 Å². The second-order valence-corrected chi connectivity index (χ2v) is 7.34. The average Bonchev–Trinajstić information content (AvgIpc) is 3.04. The van der Waals surface area contributed by atoms with Crippen molar-refractivity contribution in [2.45, 2.75) is 46.5 Å². The Kier molecular flexibility index (Phi) is 4.75. The molecule has 1 aliphatic carbocycles. The zero-order chi connectivity index (χ0) is 17.3. The van der Waals surface area contributed by atoms with E-state index in [0.29, 0.717) is 5.92 Å². The zero-order valence-electron chi connectivity index (χ0n) is 15.0. The SMILES string of the molecule is CC(=O)N1CCN(c2[nH+]c(CC(C)C)c3c(c2C#N)CCC3)CC1. The number of anilines is 1. The number of piperazine rings is 1. The molecule has 5 heteroatoms. The highest BCUT2D eigenvalue weighted by molar-refractivity contribution is 5.73. The van der Waals surface area contributed by atoms with Crippen LogP contribution in [0, 0.1) is 17.2 Å². The third-order valence-electron chi connectivity index (χ3n) is 5.16. The van der Waals surface area contributed by atoms with Crippen LogP contribution in [0.4, 0.5) is 5.82 Å². The number of pyridine rings is 1. The van der Waals surface area contributed by atoms with Gasteiger partial charge in [0.05, 0.1) is 13.1 Å². The third-order valence-corrected chi connectivity index (χ3v) is 5.16. The molecule has 0 atom stereocenters. The van der Waals surface area contributed by atoms with Crippen LogP contribution in [0.15, 0.2) is 0 Å². The zero-order valence-corrected chi connectivity index (χ0v) is 15.0. The number of aromatic nitrogens is 1. The maximum absolute atomic E-state index is 11.5. The summed E-state index contributed by atoms with van der Waals surface area (Å²) < 4.78 is 0. The van der Waals surface area contributed by atoms with Crippen LogP contribution in [0.25, 0.3) is 0 Å². The number of fused-ring (bicyclic) bond motifs is 1. The summed E-state index contributed by atoms with van der Waals surface area (Å²) in [6.45, 7) is 9.11. The lowest BCUT2D eigenvalue weighted by molar-refractivity contribution is -0.378. The minimum Gasteiger partial charge on any atom is -0.335 e. The number of carbonyl (C=O) groups excluding carboxylic acids is 1. The van der Waals surface area contributed by atoms with E-state index in [1.54, 1.807) is 6.92 Å². The summed E-state index contributed by atoms with van der Waals surface area (Å²) in [5.41, 5.74) is 4.77. The first-order valence-corrected chi connectivity index (χ1v) is 9.01. The molecule has 1 N–H and O–H groups in total. The lowest BCUT2D eigenvalue weighted by Gasteiger charge is -2.31. The van der Waals surface area contributed by atoms with Crippen LogP contribution >= 0.6 is 0 Å². The van der Waals surface area contributed by atoms with Crippen LogP contribution in [0.5, 0.6) is 0 Å². The van der Waals surface area contributed by atoms with Crippen LogP contribution in [0.2, 0.25) is 0 Å². The van der Waals surface area contributed by atoms with Crippen molar-refractivity contribution in [3.63, 3.8) is 0 Å². The first-order valence-electron chi connectivity index (χ1n) is 9.01. The molecule has 3 rings (SSSR count). The van der Waals surface area contributed by atoms with Crippen LogP contribution in [-0.4, -0.2) is 37.0 Å². The van der Waals surface area contributed by atoms with Gasteiger partial charge in [-0.25, -0.2) is 4.98 Å². The summed E-state index contributed by atoms with van der Waals surface area (Å²) in [5.74, 6) is 1.69. The second-order valence-electron chi connectivity index (χ2n) is 7.34. The van der Waals surface area contributed by atoms with E-state index in [9.17, 15) is 10.1 Å². The third kappa shape index (κ3) is 3.10. The molecule has 1 fully saturated rings. The lowest BCUT2D eigenvalue weighted by atomic mass is 9.97. The van der Waals surface area contributed by atoms with E-state index in [1.807, 2.05) is 4.90 Å². The molecule has 1 aromatic heterocycles. The van der Waals surface area contributed by atoms with Gasteiger partial charge in [0.1, 0.15) is 30.4 Å². The minimum absolute atomic E-state index is 0.133. The van der Waals surface area contributed by atoms with Gasteiger partial charge in [0.15, 0.2) is 0 Å². The number of hydrogen-bond acceptors (Lipinski definition) is 3. The number of nitrogens with one attached hydrogen (secondary N) is 1. The van der Waals surface area contributed by atoms with Gasteiger partial charge in [-0.15, -0.1) is 0 Å². The smallest absolute Gasteiger partial charge is 0.293 e. The quantitative estimate of drug-likeness (QED) is 0.849. The minimum atomic E-state index is 0.133. The largest absolute Gasteiger partial charge is 0.335 e. The van der Waals surface area contributed by atoms with Gasteiger partial charge in [0.2, 0.25) is 5.91 Å². The van der Waals surface area contributed by atoms with E-state index < -0.39 is 0 Å². The summed E-state index contributed by atoms with van der Waals surface area (Å²) in [6.07, 6.45) is 4.26. The van der Waals surface area contributed by atoms with Gasteiger partial charge in [0.25, 0.3) is 5.82 Å². The Morgan fingerprint density at radius 2 is 1.88 bits per heavy atom. The molecule has 0 spiro atoms.